The zero-order valence-electron chi connectivity index (χ0n) is 15.3. The molecule has 4 heteroatoms. The summed E-state index contributed by atoms with van der Waals surface area (Å²) in [6, 6.07) is 17.7. The minimum absolute atomic E-state index is 0.0509. The maximum atomic E-state index is 12.4. The van der Waals surface area contributed by atoms with E-state index in [1.807, 2.05) is 19.1 Å². The molecule has 0 saturated heterocycles. The number of nitrogens with one attached hydrogen (secondary N) is 1. The Morgan fingerprint density at radius 2 is 1.80 bits per heavy atom. The summed E-state index contributed by atoms with van der Waals surface area (Å²) in [6.07, 6.45) is 1.38. The Morgan fingerprint density at radius 3 is 2.44 bits per heavy atom. The number of carbonyl (C=O) groups is 1. The number of carbonyl (C=O) groups excluding carboxylic acids is 1. The van der Waals surface area contributed by atoms with Gasteiger partial charge in [0, 0.05) is 36.8 Å². The van der Waals surface area contributed by atoms with Gasteiger partial charge in [-0.05, 0) is 38.0 Å². The van der Waals surface area contributed by atoms with Gasteiger partial charge in [-0.25, -0.2) is 0 Å². The van der Waals surface area contributed by atoms with Crippen molar-refractivity contribution in [2.75, 3.05) is 11.4 Å². The molecule has 0 bridgehead atoms. The van der Waals surface area contributed by atoms with Gasteiger partial charge in [-0.1, -0.05) is 43.3 Å². The van der Waals surface area contributed by atoms with E-state index in [1.54, 1.807) is 23.1 Å². The van der Waals surface area contributed by atoms with E-state index >= 15 is 0 Å². The molecule has 2 rings (SSSR count). The van der Waals surface area contributed by atoms with Crippen LogP contribution in [0, 0.1) is 0 Å². The molecule has 2 atom stereocenters. The molecule has 1 amide bonds. The second-order valence-electron chi connectivity index (χ2n) is 6.54. The summed E-state index contributed by atoms with van der Waals surface area (Å²) in [5.74, 6) is 0.222. The lowest BCUT2D eigenvalue weighted by molar-refractivity contribution is -0.118. The number of nitrogens with zero attached hydrogens (tertiary/aromatic N) is 1. The van der Waals surface area contributed by atoms with Crippen molar-refractivity contribution in [1.29, 1.82) is 0 Å². The van der Waals surface area contributed by atoms with Crippen molar-refractivity contribution in [1.82, 2.24) is 5.32 Å². The highest BCUT2D eigenvalue weighted by Gasteiger charge is 2.18. The topological polar surface area (TPSA) is 52.6 Å². The first-order valence-electron chi connectivity index (χ1n) is 8.89. The lowest BCUT2D eigenvalue weighted by Crippen LogP contribution is -2.45. The van der Waals surface area contributed by atoms with Gasteiger partial charge in [0.2, 0.25) is 5.91 Å². The van der Waals surface area contributed by atoms with E-state index in [4.69, 9.17) is 0 Å². The number of phenols is 1. The number of anilines is 1. The second-order valence-corrected chi connectivity index (χ2v) is 6.54. The molecule has 0 saturated carbocycles. The van der Waals surface area contributed by atoms with Crippen molar-refractivity contribution in [2.24, 2.45) is 0 Å². The Labute approximate surface area is 150 Å². The van der Waals surface area contributed by atoms with Crippen LogP contribution in [-0.2, 0) is 11.2 Å². The molecule has 0 aromatic heterocycles. The van der Waals surface area contributed by atoms with Crippen molar-refractivity contribution in [3.8, 4) is 5.75 Å². The third-order valence-electron chi connectivity index (χ3n) is 4.16. The smallest absolute Gasteiger partial charge is 0.226 e. The molecule has 25 heavy (non-hydrogen) atoms. The third-order valence-corrected chi connectivity index (χ3v) is 4.16. The molecule has 0 aliphatic carbocycles. The third kappa shape index (κ3) is 5.91. The molecule has 0 radical (unpaired) electrons. The summed E-state index contributed by atoms with van der Waals surface area (Å²) < 4.78 is 0. The molecular formula is C21H28N2O2. The number of phenolic OH excluding ortho intramolecular Hbond substituents is 1. The monoisotopic (exact) mass is 340 g/mol. The van der Waals surface area contributed by atoms with Crippen molar-refractivity contribution < 1.29 is 9.90 Å². The van der Waals surface area contributed by atoms with Crippen molar-refractivity contribution in [3.05, 3.63) is 60.2 Å². The molecule has 2 unspecified atom stereocenters. The van der Waals surface area contributed by atoms with Gasteiger partial charge in [0.05, 0.1) is 0 Å². The van der Waals surface area contributed by atoms with E-state index in [2.05, 4.69) is 43.4 Å². The Hall–Kier alpha value is -2.33. The van der Waals surface area contributed by atoms with Crippen LogP contribution in [0.5, 0.6) is 5.75 Å². The fourth-order valence-electron chi connectivity index (χ4n) is 3.04. The lowest BCUT2D eigenvalue weighted by Gasteiger charge is -2.28. The van der Waals surface area contributed by atoms with Crippen LogP contribution in [0.15, 0.2) is 54.6 Å². The first kappa shape index (κ1) is 19.0. The first-order chi connectivity index (χ1) is 12.0. The van der Waals surface area contributed by atoms with E-state index in [-0.39, 0.29) is 17.7 Å². The van der Waals surface area contributed by atoms with Gasteiger partial charge in [-0.15, -0.1) is 0 Å². The predicted octanol–water partition coefficient (Wildman–Crippen LogP) is 3.74. The Morgan fingerprint density at radius 1 is 1.08 bits per heavy atom. The van der Waals surface area contributed by atoms with E-state index in [9.17, 15) is 9.90 Å². The molecule has 2 N–H and O–H groups in total. The minimum Gasteiger partial charge on any atom is -0.508 e. The average molecular weight is 340 g/mol. The molecule has 2 aromatic carbocycles. The fraction of sp³-hybridized carbons (Fsp3) is 0.381. The van der Waals surface area contributed by atoms with Gasteiger partial charge in [-0.3, -0.25) is 4.79 Å². The molecule has 0 spiro atoms. The van der Waals surface area contributed by atoms with E-state index in [0.717, 1.165) is 12.1 Å². The van der Waals surface area contributed by atoms with Crippen LogP contribution in [-0.4, -0.2) is 29.6 Å². The second kappa shape index (κ2) is 9.23. The number of hydrogen-bond acceptors (Lipinski definition) is 3. The summed E-state index contributed by atoms with van der Waals surface area (Å²) in [4.78, 5) is 14.1. The normalized spacial score (nSPS) is 13.2. The van der Waals surface area contributed by atoms with Gasteiger partial charge >= 0.3 is 0 Å². The highest BCUT2D eigenvalue weighted by Crippen LogP contribution is 2.21. The van der Waals surface area contributed by atoms with Crippen LogP contribution in [0.2, 0.25) is 0 Å². The molecule has 134 valence electrons. The van der Waals surface area contributed by atoms with Crippen LogP contribution in [0.1, 0.15) is 32.8 Å². The number of hydrogen-bond donors (Lipinski definition) is 2. The largest absolute Gasteiger partial charge is 0.508 e. The zero-order chi connectivity index (χ0) is 18.2. The standard InChI is InChI=1S/C21H28N2O2/c1-4-21(25)23(19-11-8-12-20(24)14-19)15-17(3)22-16(2)13-18-9-6-5-7-10-18/h5-12,14,16-17,22,24H,4,13,15H2,1-3H3. The highest BCUT2D eigenvalue weighted by atomic mass is 16.3. The lowest BCUT2D eigenvalue weighted by atomic mass is 10.1. The van der Waals surface area contributed by atoms with E-state index in [1.165, 1.54) is 5.56 Å². The van der Waals surface area contributed by atoms with Crippen LogP contribution < -0.4 is 10.2 Å². The van der Waals surface area contributed by atoms with Crippen LogP contribution in [0.25, 0.3) is 0 Å². The molecule has 4 nitrogen and oxygen atoms in total. The molecule has 0 aliphatic rings. The summed E-state index contributed by atoms with van der Waals surface area (Å²) in [6.45, 7) is 6.66. The van der Waals surface area contributed by atoms with Gasteiger partial charge in [-0.2, -0.15) is 0 Å². The number of benzene rings is 2. The summed E-state index contributed by atoms with van der Waals surface area (Å²) in [5.41, 5.74) is 2.03. The summed E-state index contributed by atoms with van der Waals surface area (Å²) >= 11 is 0. The molecule has 0 fully saturated rings. The molecular weight excluding hydrogens is 312 g/mol. The SMILES string of the molecule is CCC(=O)N(CC(C)NC(C)Cc1ccccc1)c1cccc(O)c1. The summed E-state index contributed by atoms with van der Waals surface area (Å²) in [5, 5.41) is 13.3. The van der Waals surface area contributed by atoms with Gasteiger partial charge < -0.3 is 15.3 Å². The van der Waals surface area contributed by atoms with Crippen molar-refractivity contribution in [3.63, 3.8) is 0 Å². The Kier molecular flexibility index (Phi) is 7.02. The van der Waals surface area contributed by atoms with E-state index in [0.29, 0.717) is 19.0 Å². The summed E-state index contributed by atoms with van der Waals surface area (Å²) in [7, 11) is 0. The van der Waals surface area contributed by atoms with Crippen LogP contribution in [0.4, 0.5) is 5.69 Å². The fourth-order valence-corrected chi connectivity index (χ4v) is 3.04. The number of rotatable bonds is 8. The van der Waals surface area contributed by atoms with Gasteiger partial charge in [0.25, 0.3) is 0 Å². The van der Waals surface area contributed by atoms with Gasteiger partial charge in [0.1, 0.15) is 5.75 Å². The maximum absolute atomic E-state index is 12.4. The Bertz CT molecular complexity index is 673. The molecule has 0 aliphatic heterocycles. The van der Waals surface area contributed by atoms with Gasteiger partial charge in [0.15, 0.2) is 0 Å². The average Bonchev–Trinajstić information content (AvgIpc) is 2.59. The number of amides is 1. The van der Waals surface area contributed by atoms with Crippen LogP contribution >= 0.6 is 0 Å². The predicted molar refractivity (Wildman–Crippen MR) is 103 cm³/mol. The number of aromatic hydroxyl groups is 1. The van der Waals surface area contributed by atoms with Crippen molar-refractivity contribution >= 4 is 11.6 Å². The quantitative estimate of drug-likeness (QED) is 0.769. The van der Waals surface area contributed by atoms with Crippen molar-refractivity contribution in [2.45, 2.75) is 45.7 Å². The first-order valence-corrected chi connectivity index (χ1v) is 8.89. The zero-order valence-corrected chi connectivity index (χ0v) is 15.3. The highest BCUT2D eigenvalue weighted by molar-refractivity contribution is 5.93. The molecule has 2 aromatic rings. The molecule has 0 heterocycles. The van der Waals surface area contributed by atoms with Crippen LogP contribution in [0.3, 0.4) is 0 Å². The Balaban J connectivity index is 1.99. The maximum Gasteiger partial charge on any atom is 0.226 e. The van der Waals surface area contributed by atoms with E-state index < -0.39 is 0 Å². The minimum atomic E-state index is 0.0509.